The Bertz CT molecular complexity index is 453. The third kappa shape index (κ3) is 3.24. The molecule has 1 heterocycles. The van der Waals surface area contributed by atoms with Gasteiger partial charge in [0.15, 0.2) is 0 Å². The minimum absolute atomic E-state index is 0.318. The Balaban J connectivity index is 2.05. The molecule has 2 nitrogen and oxygen atoms in total. The summed E-state index contributed by atoms with van der Waals surface area (Å²) in [6, 6.07) is 10.5. The first kappa shape index (κ1) is 12.0. The fourth-order valence-corrected chi connectivity index (χ4v) is 2.45. The Hall–Kier alpha value is -1.48. The van der Waals surface area contributed by atoms with E-state index in [1.807, 2.05) is 25.1 Å². The highest BCUT2D eigenvalue weighted by atomic mass is 32.1. The largest absolute Gasteiger partial charge is 0.494 e. The van der Waals surface area contributed by atoms with Crippen molar-refractivity contribution in [3.8, 4) is 5.75 Å². The third-order valence-corrected chi connectivity index (χ3v) is 3.27. The predicted octanol–water partition coefficient (Wildman–Crippen LogP) is 4.32. The molecule has 3 heteroatoms. The van der Waals surface area contributed by atoms with E-state index < -0.39 is 0 Å². The van der Waals surface area contributed by atoms with Crippen LogP contribution in [0.15, 0.2) is 41.1 Å². The maximum absolute atomic E-state index is 5.48. The second kappa shape index (κ2) is 5.73. The standard InChI is InChI=1S/C14H17NOS/c1-3-16-14-6-4-5-13(9-14)15-11(2)12-7-8-17-10-12/h4-11,15H,3H2,1-2H3. The molecule has 90 valence electrons. The molecule has 0 bridgehead atoms. The fourth-order valence-electron chi connectivity index (χ4n) is 1.70. The maximum Gasteiger partial charge on any atom is 0.121 e. The first-order chi connectivity index (χ1) is 8.29. The van der Waals surface area contributed by atoms with Crippen molar-refractivity contribution in [2.24, 2.45) is 0 Å². The van der Waals surface area contributed by atoms with E-state index in [-0.39, 0.29) is 0 Å². The number of hydrogen-bond acceptors (Lipinski definition) is 3. The van der Waals surface area contributed by atoms with Crippen LogP contribution in [0.4, 0.5) is 5.69 Å². The highest BCUT2D eigenvalue weighted by Gasteiger charge is 2.05. The van der Waals surface area contributed by atoms with Crippen molar-refractivity contribution in [1.29, 1.82) is 0 Å². The van der Waals surface area contributed by atoms with Crippen molar-refractivity contribution in [2.75, 3.05) is 11.9 Å². The summed E-state index contributed by atoms with van der Waals surface area (Å²) in [5, 5.41) is 7.74. The molecule has 0 aliphatic heterocycles. The lowest BCUT2D eigenvalue weighted by Gasteiger charge is -2.15. The number of rotatable bonds is 5. The molecule has 0 saturated carbocycles. The van der Waals surface area contributed by atoms with Gasteiger partial charge in [0.25, 0.3) is 0 Å². The molecule has 1 aromatic heterocycles. The van der Waals surface area contributed by atoms with E-state index in [1.165, 1.54) is 5.56 Å². The normalized spacial score (nSPS) is 12.1. The predicted molar refractivity (Wildman–Crippen MR) is 74.0 cm³/mol. The van der Waals surface area contributed by atoms with Crippen molar-refractivity contribution in [2.45, 2.75) is 19.9 Å². The second-order valence-electron chi connectivity index (χ2n) is 3.88. The zero-order valence-corrected chi connectivity index (χ0v) is 11.0. The monoisotopic (exact) mass is 247 g/mol. The second-order valence-corrected chi connectivity index (χ2v) is 4.66. The summed E-state index contributed by atoms with van der Waals surface area (Å²) in [5.41, 5.74) is 2.41. The molecule has 0 aliphatic carbocycles. The van der Waals surface area contributed by atoms with Crippen LogP contribution in [0.1, 0.15) is 25.5 Å². The zero-order valence-electron chi connectivity index (χ0n) is 10.1. The van der Waals surface area contributed by atoms with Gasteiger partial charge in [-0.05, 0) is 48.4 Å². The molecule has 2 aromatic rings. The molecular weight excluding hydrogens is 230 g/mol. The van der Waals surface area contributed by atoms with Crippen molar-refractivity contribution in [3.63, 3.8) is 0 Å². The van der Waals surface area contributed by atoms with Crippen LogP contribution in [0.3, 0.4) is 0 Å². The molecule has 1 aromatic carbocycles. The van der Waals surface area contributed by atoms with Gasteiger partial charge in [0, 0.05) is 17.8 Å². The average molecular weight is 247 g/mol. The number of hydrogen-bond donors (Lipinski definition) is 1. The topological polar surface area (TPSA) is 21.3 Å². The highest BCUT2D eigenvalue weighted by Crippen LogP contribution is 2.23. The molecule has 0 amide bonds. The lowest BCUT2D eigenvalue weighted by molar-refractivity contribution is 0.340. The summed E-state index contributed by atoms with van der Waals surface area (Å²) >= 11 is 1.73. The van der Waals surface area contributed by atoms with Gasteiger partial charge in [0.1, 0.15) is 5.75 Å². The van der Waals surface area contributed by atoms with Gasteiger partial charge < -0.3 is 10.1 Å². The molecule has 1 atom stereocenters. The number of anilines is 1. The van der Waals surface area contributed by atoms with Crippen molar-refractivity contribution >= 4 is 17.0 Å². The Labute approximate surface area is 106 Å². The van der Waals surface area contributed by atoms with Crippen molar-refractivity contribution in [3.05, 3.63) is 46.7 Å². The van der Waals surface area contributed by atoms with Crippen LogP contribution in [-0.4, -0.2) is 6.61 Å². The smallest absolute Gasteiger partial charge is 0.121 e. The van der Waals surface area contributed by atoms with Gasteiger partial charge in [-0.1, -0.05) is 6.07 Å². The zero-order chi connectivity index (χ0) is 12.1. The Kier molecular flexibility index (Phi) is 4.04. The molecular formula is C14H17NOS. The van der Waals surface area contributed by atoms with E-state index in [4.69, 9.17) is 4.74 Å². The van der Waals surface area contributed by atoms with Crippen molar-refractivity contribution < 1.29 is 4.74 Å². The summed E-state index contributed by atoms with van der Waals surface area (Å²) in [4.78, 5) is 0. The van der Waals surface area contributed by atoms with Gasteiger partial charge in [-0.25, -0.2) is 0 Å². The van der Waals surface area contributed by atoms with Gasteiger partial charge >= 0.3 is 0 Å². The number of benzene rings is 1. The summed E-state index contributed by atoms with van der Waals surface area (Å²) < 4.78 is 5.48. The highest BCUT2D eigenvalue weighted by molar-refractivity contribution is 7.07. The molecule has 0 radical (unpaired) electrons. The van der Waals surface area contributed by atoms with E-state index >= 15 is 0 Å². The first-order valence-electron chi connectivity index (χ1n) is 5.81. The molecule has 17 heavy (non-hydrogen) atoms. The molecule has 1 N–H and O–H groups in total. The van der Waals surface area contributed by atoms with Gasteiger partial charge in [-0.3, -0.25) is 0 Å². The minimum atomic E-state index is 0.318. The molecule has 0 spiro atoms. The number of thiophene rings is 1. The maximum atomic E-state index is 5.48. The van der Waals surface area contributed by atoms with Crippen molar-refractivity contribution in [1.82, 2.24) is 0 Å². The first-order valence-corrected chi connectivity index (χ1v) is 6.75. The summed E-state index contributed by atoms with van der Waals surface area (Å²) in [5.74, 6) is 0.912. The summed E-state index contributed by atoms with van der Waals surface area (Å²) in [6.45, 7) is 4.85. The molecule has 0 saturated heterocycles. The van der Waals surface area contributed by atoms with E-state index in [0.29, 0.717) is 12.6 Å². The van der Waals surface area contributed by atoms with Crippen LogP contribution in [0.2, 0.25) is 0 Å². The minimum Gasteiger partial charge on any atom is -0.494 e. The summed E-state index contributed by atoms with van der Waals surface area (Å²) in [7, 11) is 0. The molecule has 0 fully saturated rings. The van der Waals surface area contributed by atoms with Crippen LogP contribution in [0.5, 0.6) is 5.75 Å². The van der Waals surface area contributed by atoms with E-state index in [0.717, 1.165) is 11.4 Å². The fraction of sp³-hybridized carbons (Fsp3) is 0.286. The van der Waals surface area contributed by atoms with E-state index in [1.54, 1.807) is 11.3 Å². The Morgan fingerprint density at radius 1 is 1.35 bits per heavy atom. The number of ether oxygens (including phenoxy) is 1. The Morgan fingerprint density at radius 2 is 2.24 bits per heavy atom. The lowest BCUT2D eigenvalue weighted by Crippen LogP contribution is -2.05. The average Bonchev–Trinajstić information content (AvgIpc) is 2.83. The molecule has 2 rings (SSSR count). The van der Waals surface area contributed by atoms with Crippen LogP contribution >= 0.6 is 11.3 Å². The lowest BCUT2D eigenvalue weighted by atomic mass is 10.1. The summed E-state index contributed by atoms with van der Waals surface area (Å²) in [6.07, 6.45) is 0. The van der Waals surface area contributed by atoms with Crippen LogP contribution < -0.4 is 10.1 Å². The van der Waals surface area contributed by atoms with Gasteiger partial charge in [-0.2, -0.15) is 11.3 Å². The van der Waals surface area contributed by atoms with Gasteiger partial charge in [0.2, 0.25) is 0 Å². The quantitative estimate of drug-likeness (QED) is 0.849. The third-order valence-electron chi connectivity index (χ3n) is 2.57. The number of nitrogens with one attached hydrogen (secondary N) is 1. The van der Waals surface area contributed by atoms with Crippen LogP contribution in [-0.2, 0) is 0 Å². The van der Waals surface area contributed by atoms with Gasteiger partial charge in [0.05, 0.1) is 6.61 Å². The van der Waals surface area contributed by atoms with E-state index in [2.05, 4.69) is 35.1 Å². The van der Waals surface area contributed by atoms with Gasteiger partial charge in [-0.15, -0.1) is 0 Å². The van der Waals surface area contributed by atoms with Crippen LogP contribution in [0.25, 0.3) is 0 Å². The molecule has 1 unspecified atom stereocenters. The SMILES string of the molecule is CCOc1cccc(NC(C)c2ccsc2)c1. The van der Waals surface area contributed by atoms with Crippen LogP contribution in [0, 0.1) is 0 Å². The van der Waals surface area contributed by atoms with E-state index in [9.17, 15) is 0 Å². The Morgan fingerprint density at radius 3 is 2.94 bits per heavy atom. The molecule has 0 aliphatic rings.